The standard InChI is InChI=1S/C11H13NO5/c1-11(12,10(16)17)7-2-3-8(13)6(4-7)5-9(14)15/h2-4,13H,5,12H2,1H3,(H,14,15)(H,16,17). The molecular formula is C11H13NO5. The quantitative estimate of drug-likeness (QED) is 0.598. The van der Waals surface area contributed by atoms with E-state index in [2.05, 4.69) is 0 Å². The van der Waals surface area contributed by atoms with Crippen molar-refractivity contribution in [3.63, 3.8) is 0 Å². The number of rotatable bonds is 4. The molecule has 0 saturated carbocycles. The highest BCUT2D eigenvalue weighted by Gasteiger charge is 2.30. The van der Waals surface area contributed by atoms with Gasteiger partial charge in [0.25, 0.3) is 0 Å². The minimum absolute atomic E-state index is 0.132. The maximum absolute atomic E-state index is 10.9. The predicted octanol–water partition coefficient (Wildman–Crippen LogP) is 0.278. The Labute approximate surface area is 97.3 Å². The number of phenolic OH excluding ortho intramolecular Hbond substituents is 1. The second kappa shape index (κ2) is 4.42. The number of phenols is 1. The second-order valence-electron chi connectivity index (χ2n) is 3.92. The zero-order valence-electron chi connectivity index (χ0n) is 9.17. The molecule has 6 heteroatoms. The number of nitrogens with two attached hydrogens (primary N) is 1. The number of hydrogen-bond acceptors (Lipinski definition) is 4. The topological polar surface area (TPSA) is 121 Å². The highest BCUT2D eigenvalue weighted by molar-refractivity contribution is 5.80. The van der Waals surface area contributed by atoms with Crippen LogP contribution in [0.4, 0.5) is 0 Å². The maximum atomic E-state index is 10.9. The maximum Gasteiger partial charge on any atom is 0.328 e. The molecule has 6 nitrogen and oxygen atoms in total. The van der Waals surface area contributed by atoms with Gasteiger partial charge in [-0.05, 0) is 24.6 Å². The molecule has 92 valence electrons. The SMILES string of the molecule is CC(N)(C(=O)O)c1ccc(O)c(CC(=O)O)c1. The summed E-state index contributed by atoms with van der Waals surface area (Å²) in [5.41, 5.74) is 4.35. The summed E-state index contributed by atoms with van der Waals surface area (Å²) in [6.45, 7) is 1.30. The summed E-state index contributed by atoms with van der Waals surface area (Å²) in [5, 5.41) is 27.0. The molecule has 0 aliphatic heterocycles. The fourth-order valence-electron chi connectivity index (χ4n) is 1.34. The van der Waals surface area contributed by atoms with Crippen LogP contribution in [0.25, 0.3) is 0 Å². The number of hydrogen-bond donors (Lipinski definition) is 4. The van der Waals surface area contributed by atoms with Crippen molar-refractivity contribution < 1.29 is 24.9 Å². The van der Waals surface area contributed by atoms with Crippen molar-refractivity contribution in [2.45, 2.75) is 18.9 Å². The van der Waals surface area contributed by atoms with E-state index in [1.165, 1.54) is 25.1 Å². The van der Waals surface area contributed by atoms with Gasteiger partial charge in [0.2, 0.25) is 0 Å². The van der Waals surface area contributed by atoms with E-state index in [-0.39, 0.29) is 16.9 Å². The van der Waals surface area contributed by atoms with E-state index in [1.54, 1.807) is 0 Å². The molecule has 1 aromatic carbocycles. The fraction of sp³-hybridized carbons (Fsp3) is 0.273. The van der Waals surface area contributed by atoms with Gasteiger partial charge < -0.3 is 21.1 Å². The molecule has 1 rings (SSSR count). The van der Waals surface area contributed by atoms with Gasteiger partial charge in [-0.1, -0.05) is 6.07 Å². The first-order valence-electron chi connectivity index (χ1n) is 4.81. The van der Waals surface area contributed by atoms with E-state index in [1.807, 2.05) is 0 Å². The number of aliphatic carboxylic acids is 2. The lowest BCUT2D eigenvalue weighted by Gasteiger charge is -2.20. The van der Waals surface area contributed by atoms with Crippen LogP contribution in [0.2, 0.25) is 0 Å². The molecule has 17 heavy (non-hydrogen) atoms. The molecule has 0 aliphatic carbocycles. The van der Waals surface area contributed by atoms with Crippen molar-refractivity contribution in [3.8, 4) is 5.75 Å². The van der Waals surface area contributed by atoms with Crippen LogP contribution < -0.4 is 5.73 Å². The molecule has 0 bridgehead atoms. The highest BCUT2D eigenvalue weighted by atomic mass is 16.4. The molecule has 1 unspecified atom stereocenters. The van der Waals surface area contributed by atoms with E-state index in [9.17, 15) is 14.7 Å². The third-order valence-corrected chi connectivity index (χ3v) is 2.47. The first kappa shape index (κ1) is 13.0. The molecule has 0 saturated heterocycles. The van der Waals surface area contributed by atoms with Crippen molar-refractivity contribution in [2.75, 3.05) is 0 Å². The van der Waals surface area contributed by atoms with E-state index in [0.717, 1.165) is 0 Å². The second-order valence-corrected chi connectivity index (χ2v) is 3.92. The molecule has 0 aromatic heterocycles. The number of carboxylic acids is 2. The van der Waals surface area contributed by atoms with Crippen LogP contribution in [0, 0.1) is 0 Å². The molecule has 0 spiro atoms. The Morgan fingerprint density at radius 3 is 2.41 bits per heavy atom. The minimum atomic E-state index is -1.62. The van der Waals surface area contributed by atoms with Gasteiger partial charge in [0.1, 0.15) is 11.3 Å². The molecule has 1 atom stereocenters. The molecule has 0 fully saturated rings. The Hall–Kier alpha value is -2.08. The van der Waals surface area contributed by atoms with Crippen molar-refractivity contribution in [2.24, 2.45) is 5.73 Å². The molecule has 0 heterocycles. The first-order chi connectivity index (χ1) is 7.75. The lowest BCUT2D eigenvalue weighted by Crippen LogP contribution is -2.41. The zero-order valence-corrected chi connectivity index (χ0v) is 9.17. The third kappa shape index (κ3) is 2.73. The normalized spacial score (nSPS) is 14.0. The van der Waals surface area contributed by atoms with Crippen LogP contribution in [0.5, 0.6) is 5.75 Å². The van der Waals surface area contributed by atoms with Gasteiger partial charge in [-0.2, -0.15) is 0 Å². The van der Waals surface area contributed by atoms with Gasteiger partial charge in [0.05, 0.1) is 6.42 Å². The number of benzene rings is 1. The number of aromatic hydroxyl groups is 1. The van der Waals surface area contributed by atoms with Crippen LogP contribution in [0.1, 0.15) is 18.1 Å². The highest BCUT2D eigenvalue weighted by Crippen LogP contribution is 2.25. The Balaban J connectivity index is 3.21. The molecular weight excluding hydrogens is 226 g/mol. The summed E-state index contributed by atoms with van der Waals surface area (Å²) in [6.07, 6.45) is -0.393. The van der Waals surface area contributed by atoms with Crippen LogP contribution in [-0.2, 0) is 21.5 Å². The Morgan fingerprint density at radius 2 is 1.94 bits per heavy atom. The van der Waals surface area contributed by atoms with Gasteiger partial charge >= 0.3 is 11.9 Å². The van der Waals surface area contributed by atoms with E-state index >= 15 is 0 Å². The summed E-state index contributed by atoms with van der Waals surface area (Å²) in [6, 6.07) is 3.88. The van der Waals surface area contributed by atoms with Crippen LogP contribution in [-0.4, -0.2) is 27.3 Å². The molecule has 0 radical (unpaired) electrons. The minimum Gasteiger partial charge on any atom is -0.508 e. The fourth-order valence-corrected chi connectivity index (χ4v) is 1.34. The van der Waals surface area contributed by atoms with Crippen LogP contribution >= 0.6 is 0 Å². The van der Waals surface area contributed by atoms with Gasteiger partial charge in [-0.25, -0.2) is 4.79 Å². The molecule has 0 amide bonds. The molecule has 5 N–H and O–H groups in total. The van der Waals surface area contributed by atoms with Crippen LogP contribution in [0.3, 0.4) is 0 Å². The number of carbonyl (C=O) groups is 2. The Kier molecular flexibility index (Phi) is 3.38. The summed E-state index contributed by atoms with van der Waals surface area (Å²) < 4.78 is 0. The average molecular weight is 239 g/mol. The third-order valence-electron chi connectivity index (χ3n) is 2.47. The Morgan fingerprint density at radius 1 is 1.35 bits per heavy atom. The van der Waals surface area contributed by atoms with E-state index < -0.39 is 23.9 Å². The smallest absolute Gasteiger partial charge is 0.328 e. The molecule has 0 aliphatic rings. The van der Waals surface area contributed by atoms with Crippen molar-refractivity contribution in [1.82, 2.24) is 0 Å². The summed E-state index contributed by atoms with van der Waals surface area (Å²) >= 11 is 0. The van der Waals surface area contributed by atoms with Gasteiger partial charge in [0.15, 0.2) is 0 Å². The monoisotopic (exact) mass is 239 g/mol. The Bertz CT molecular complexity index is 467. The van der Waals surface area contributed by atoms with E-state index in [0.29, 0.717) is 0 Å². The van der Waals surface area contributed by atoms with Crippen molar-refractivity contribution in [1.29, 1.82) is 0 Å². The van der Waals surface area contributed by atoms with Crippen molar-refractivity contribution >= 4 is 11.9 Å². The first-order valence-corrected chi connectivity index (χ1v) is 4.81. The average Bonchev–Trinajstić information content (AvgIpc) is 2.20. The summed E-state index contributed by atoms with van der Waals surface area (Å²) in [4.78, 5) is 21.5. The lowest BCUT2D eigenvalue weighted by molar-refractivity contribution is -0.143. The van der Waals surface area contributed by atoms with Gasteiger partial charge in [-0.3, -0.25) is 4.79 Å². The van der Waals surface area contributed by atoms with Gasteiger partial charge in [0, 0.05) is 5.56 Å². The molecule has 1 aromatic rings. The van der Waals surface area contributed by atoms with E-state index in [4.69, 9.17) is 15.9 Å². The predicted molar refractivity (Wildman–Crippen MR) is 58.6 cm³/mol. The summed E-state index contributed by atoms with van der Waals surface area (Å²) in [5.74, 6) is -2.55. The lowest BCUT2D eigenvalue weighted by atomic mass is 9.91. The van der Waals surface area contributed by atoms with Crippen molar-refractivity contribution in [3.05, 3.63) is 29.3 Å². The largest absolute Gasteiger partial charge is 0.508 e. The van der Waals surface area contributed by atoms with Crippen LogP contribution in [0.15, 0.2) is 18.2 Å². The van der Waals surface area contributed by atoms with Gasteiger partial charge in [-0.15, -0.1) is 0 Å². The number of carboxylic acid groups (broad SMARTS) is 2. The zero-order chi connectivity index (χ0) is 13.2. The summed E-state index contributed by atoms with van der Waals surface area (Å²) in [7, 11) is 0.